The van der Waals surface area contributed by atoms with Crippen LogP contribution in [-0.4, -0.2) is 29.7 Å². The first-order valence-corrected chi connectivity index (χ1v) is 9.93. The Morgan fingerprint density at radius 1 is 1.29 bits per heavy atom. The molecule has 24 heavy (non-hydrogen) atoms. The Bertz CT molecular complexity index is 769. The third-order valence-corrected chi connectivity index (χ3v) is 5.23. The Labute approximate surface area is 160 Å². The molecule has 8 heteroatoms. The van der Waals surface area contributed by atoms with Gasteiger partial charge in [0.1, 0.15) is 0 Å². The number of anilines is 1. The number of benzene rings is 2. The van der Waals surface area contributed by atoms with E-state index in [-0.39, 0.29) is 12.4 Å². The maximum absolute atomic E-state index is 11.6. The van der Waals surface area contributed by atoms with E-state index in [2.05, 4.69) is 4.99 Å². The molecule has 0 heterocycles. The predicted molar refractivity (Wildman–Crippen MR) is 109 cm³/mol. The molecule has 0 fully saturated rings. The smallest absolute Gasteiger partial charge is 0.200 e. The molecule has 0 aromatic heterocycles. The molecule has 0 aliphatic carbocycles. The lowest BCUT2D eigenvalue weighted by Gasteiger charge is -2.19. The van der Waals surface area contributed by atoms with Crippen LogP contribution < -0.4 is 10.6 Å². The summed E-state index contributed by atoms with van der Waals surface area (Å²) in [5.41, 5.74) is 7.54. The lowest BCUT2D eigenvalue weighted by Crippen LogP contribution is -2.33. The summed E-state index contributed by atoms with van der Waals surface area (Å²) in [5, 5.41) is 0.466. The fourth-order valence-corrected chi connectivity index (χ4v) is 3.06. The highest BCUT2D eigenvalue weighted by Crippen LogP contribution is 2.28. The molecule has 0 amide bonds. The molecular weight excluding hydrogens is 385 g/mol. The van der Waals surface area contributed by atoms with Crippen LogP contribution in [0, 0.1) is 0 Å². The number of hydrogen-bond donors (Lipinski definition) is 1. The molecule has 130 valence electrons. The number of thioether (sulfide) groups is 1. The Kier molecular flexibility index (Phi) is 8.09. The van der Waals surface area contributed by atoms with Crippen molar-refractivity contribution in [2.45, 2.75) is 9.79 Å². The zero-order valence-corrected chi connectivity index (χ0v) is 16.7. The first-order valence-electron chi connectivity index (χ1n) is 6.77. The van der Waals surface area contributed by atoms with Gasteiger partial charge in [-0.15, -0.1) is 24.2 Å². The van der Waals surface area contributed by atoms with E-state index >= 15 is 0 Å². The minimum atomic E-state index is -1.10. The summed E-state index contributed by atoms with van der Waals surface area (Å²) in [4.78, 5) is 7.97. The molecule has 0 saturated heterocycles. The molecule has 0 aliphatic rings. The molecule has 1 unspecified atom stereocenters. The Balaban J connectivity index is 0.00000288. The standard InChI is InChI=1S/C16H18ClN3OS2.ClH/c1-20(11-5-4-6-12(9-11)22-2)16(18)19-15-10-13(23(3)21)7-8-14(15)17;/h4-10H,1-3H3,(H2,18,19);1H. The van der Waals surface area contributed by atoms with E-state index in [1.807, 2.05) is 37.6 Å². The van der Waals surface area contributed by atoms with Crippen molar-refractivity contribution >= 4 is 63.9 Å². The van der Waals surface area contributed by atoms with Gasteiger partial charge in [0.25, 0.3) is 0 Å². The highest BCUT2D eigenvalue weighted by molar-refractivity contribution is 7.98. The van der Waals surface area contributed by atoms with Crippen molar-refractivity contribution in [3.05, 3.63) is 47.5 Å². The van der Waals surface area contributed by atoms with Crippen LogP contribution in [0.2, 0.25) is 5.02 Å². The van der Waals surface area contributed by atoms with Crippen LogP contribution in [0.25, 0.3) is 0 Å². The van der Waals surface area contributed by atoms with Crippen LogP contribution >= 0.6 is 35.8 Å². The van der Waals surface area contributed by atoms with Gasteiger partial charge in [0, 0.05) is 39.6 Å². The number of nitrogens with zero attached hydrogens (tertiary/aromatic N) is 2. The van der Waals surface area contributed by atoms with Crippen LogP contribution in [0.4, 0.5) is 11.4 Å². The fourth-order valence-electron chi connectivity index (χ4n) is 1.91. The lowest BCUT2D eigenvalue weighted by atomic mass is 10.3. The summed E-state index contributed by atoms with van der Waals surface area (Å²) < 4.78 is 11.6. The van der Waals surface area contributed by atoms with Gasteiger partial charge in [-0.2, -0.15) is 0 Å². The molecule has 0 radical (unpaired) electrons. The Hall–Kier alpha value is -1.21. The van der Waals surface area contributed by atoms with Gasteiger partial charge in [-0.05, 0) is 42.7 Å². The van der Waals surface area contributed by atoms with Crippen molar-refractivity contribution in [3.63, 3.8) is 0 Å². The van der Waals surface area contributed by atoms with Crippen LogP contribution in [0.15, 0.2) is 57.2 Å². The molecule has 0 saturated carbocycles. The SMILES string of the molecule is CSc1cccc(N(C)C(N)=Nc2cc(S(C)=O)ccc2Cl)c1.Cl. The monoisotopic (exact) mass is 403 g/mol. The second-order valence-corrected chi connectivity index (χ2v) is 7.46. The van der Waals surface area contributed by atoms with Gasteiger partial charge in [-0.25, -0.2) is 4.99 Å². The molecule has 0 aliphatic heterocycles. The third kappa shape index (κ3) is 5.14. The van der Waals surface area contributed by atoms with Crippen LogP contribution in [0.3, 0.4) is 0 Å². The molecule has 0 bridgehead atoms. The quantitative estimate of drug-likeness (QED) is 0.469. The van der Waals surface area contributed by atoms with Gasteiger partial charge < -0.3 is 10.6 Å². The summed E-state index contributed by atoms with van der Waals surface area (Å²) in [6.45, 7) is 0. The van der Waals surface area contributed by atoms with Gasteiger partial charge in [-0.1, -0.05) is 17.7 Å². The molecule has 2 aromatic rings. The van der Waals surface area contributed by atoms with Gasteiger partial charge in [0.05, 0.1) is 10.7 Å². The van der Waals surface area contributed by atoms with Crippen molar-refractivity contribution in [1.29, 1.82) is 0 Å². The van der Waals surface area contributed by atoms with E-state index in [9.17, 15) is 4.21 Å². The van der Waals surface area contributed by atoms with Crippen LogP contribution in [-0.2, 0) is 10.8 Å². The van der Waals surface area contributed by atoms with Crippen molar-refractivity contribution in [2.75, 3.05) is 24.5 Å². The normalized spacial score (nSPS) is 12.4. The number of guanidine groups is 1. The van der Waals surface area contributed by atoms with E-state index in [0.29, 0.717) is 21.6 Å². The molecule has 1 atom stereocenters. The average Bonchev–Trinajstić information content (AvgIpc) is 2.55. The second-order valence-electron chi connectivity index (χ2n) is 4.80. The van der Waals surface area contributed by atoms with Gasteiger partial charge in [-0.3, -0.25) is 4.21 Å². The minimum Gasteiger partial charge on any atom is -0.369 e. The molecule has 0 spiro atoms. The van der Waals surface area contributed by atoms with Crippen LogP contribution in [0.1, 0.15) is 0 Å². The van der Waals surface area contributed by atoms with E-state index in [0.717, 1.165) is 10.6 Å². The van der Waals surface area contributed by atoms with Gasteiger partial charge in [0.15, 0.2) is 0 Å². The number of aliphatic imine (C=N–C) groups is 1. The largest absolute Gasteiger partial charge is 0.369 e. The lowest BCUT2D eigenvalue weighted by molar-refractivity contribution is 0.687. The second kappa shape index (κ2) is 9.32. The zero-order valence-electron chi connectivity index (χ0n) is 13.5. The highest BCUT2D eigenvalue weighted by Gasteiger charge is 2.09. The van der Waals surface area contributed by atoms with Crippen LogP contribution in [0.5, 0.6) is 0 Å². The highest BCUT2D eigenvalue weighted by atomic mass is 35.5. The summed E-state index contributed by atoms with van der Waals surface area (Å²) in [6.07, 6.45) is 3.63. The first kappa shape index (κ1) is 20.8. The maximum atomic E-state index is 11.6. The van der Waals surface area contributed by atoms with E-state index in [1.165, 1.54) is 0 Å². The fraction of sp³-hybridized carbons (Fsp3) is 0.188. The maximum Gasteiger partial charge on any atom is 0.200 e. The van der Waals surface area contributed by atoms with E-state index in [1.54, 1.807) is 41.1 Å². The van der Waals surface area contributed by atoms with Crippen molar-refractivity contribution in [3.8, 4) is 0 Å². The number of nitrogens with two attached hydrogens (primary N) is 1. The zero-order chi connectivity index (χ0) is 17.0. The summed E-state index contributed by atoms with van der Waals surface area (Å²) in [6, 6.07) is 13.1. The Morgan fingerprint density at radius 3 is 2.62 bits per heavy atom. The molecule has 4 nitrogen and oxygen atoms in total. The average molecular weight is 404 g/mol. The van der Waals surface area contributed by atoms with Crippen molar-refractivity contribution < 1.29 is 4.21 Å². The summed E-state index contributed by atoms with van der Waals surface area (Å²) in [7, 11) is 0.743. The topological polar surface area (TPSA) is 58.7 Å². The van der Waals surface area contributed by atoms with E-state index < -0.39 is 10.8 Å². The third-order valence-electron chi connectivity index (χ3n) is 3.27. The van der Waals surface area contributed by atoms with Gasteiger partial charge in [0.2, 0.25) is 5.96 Å². The molecular formula is C16H19Cl2N3OS2. The number of halogens is 2. The number of rotatable bonds is 4. The first-order chi connectivity index (χ1) is 10.9. The predicted octanol–water partition coefficient (Wildman–Crippen LogP) is 4.30. The molecule has 2 rings (SSSR count). The van der Waals surface area contributed by atoms with Crippen molar-refractivity contribution in [1.82, 2.24) is 0 Å². The Morgan fingerprint density at radius 2 is 2.00 bits per heavy atom. The number of hydrogen-bond acceptors (Lipinski definition) is 3. The van der Waals surface area contributed by atoms with Gasteiger partial charge >= 0.3 is 0 Å². The molecule has 2 N–H and O–H groups in total. The minimum absolute atomic E-state index is 0. The summed E-state index contributed by atoms with van der Waals surface area (Å²) in [5.74, 6) is 0.309. The molecule has 2 aromatic carbocycles. The van der Waals surface area contributed by atoms with E-state index in [4.69, 9.17) is 17.3 Å². The van der Waals surface area contributed by atoms with Crippen molar-refractivity contribution in [2.24, 2.45) is 10.7 Å². The summed E-state index contributed by atoms with van der Waals surface area (Å²) >= 11 is 7.82.